The highest BCUT2D eigenvalue weighted by atomic mass is 79.9. The van der Waals surface area contributed by atoms with E-state index in [2.05, 4.69) is 15.9 Å². The van der Waals surface area contributed by atoms with Crippen molar-refractivity contribution >= 4 is 21.8 Å². The highest BCUT2D eigenvalue weighted by molar-refractivity contribution is 9.10. The summed E-state index contributed by atoms with van der Waals surface area (Å²) in [6, 6.07) is 3.96. The Balaban J connectivity index is 2.17. The molecule has 24 heavy (non-hydrogen) atoms. The summed E-state index contributed by atoms with van der Waals surface area (Å²) >= 11 is 3.21. The fraction of sp³-hybridized carbons (Fsp3) is 0.588. The number of ether oxygens (including phenoxy) is 1. The Labute approximate surface area is 148 Å². The molecule has 134 valence electrons. The van der Waals surface area contributed by atoms with Gasteiger partial charge in [0.2, 0.25) is 5.91 Å². The summed E-state index contributed by atoms with van der Waals surface area (Å²) in [5, 5.41) is 0. The molecule has 2 rings (SSSR count). The lowest BCUT2D eigenvalue weighted by molar-refractivity contribution is -0.191. The predicted molar refractivity (Wildman–Crippen MR) is 88.5 cm³/mol. The normalized spacial score (nSPS) is 22.9. The van der Waals surface area contributed by atoms with Crippen molar-refractivity contribution in [1.29, 1.82) is 0 Å². The lowest BCUT2D eigenvalue weighted by Crippen LogP contribution is -2.43. The van der Waals surface area contributed by atoms with Crippen molar-refractivity contribution in [3.8, 4) is 0 Å². The van der Waals surface area contributed by atoms with Gasteiger partial charge in [-0.25, -0.2) is 0 Å². The molecule has 1 aromatic rings. The molecule has 1 fully saturated rings. The Bertz CT molecular complexity index is 554. The van der Waals surface area contributed by atoms with Gasteiger partial charge in [0.05, 0.1) is 6.10 Å². The summed E-state index contributed by atoms with van der Waals surface area (Å²) in [6.45, 7) is 0. The maximum absolute atomic E-state index is 13.6. The number of amides is 1. The molecule has 0 aliphatic heterocycles. The minimum absolute atomic E-state index is 0.0622. The molecular formula is C17H21BrF3NO2. The summed E-state index contributed by atoms with van der Waals surface area (Å²) in [5.74, 6) is -0.823. The van der Waals surface area contributed by atoms with Gasteiger partial charge in [-0.05, 0) is 43.4 Å². The third-order valence-corrected chi connectivity index (χ3v) is 5.12. The molecule has 1 aromatic carbocycles. The van der Waals surface area contributed by atoms with E-state index in [-0.39, 0.29) is 17.6 Å². The molecule has 0 aromatic heterocycles. The van der Waals surface area contributed by atoms with Crippen molar-refractivity contribution in [2.45, 2.75) is 44.0 Å². The fourth-order valence-corrected chi connectivity index (χ4v) is 3.50. The number of rotatable bonds is 4. The fourth-order valence-electron chi connectivity index (χ4n) is 3.24. The highest BCUT2D eigenvalue weighted by Gasteiger charge is 2.46. The number of hydrogen-bond donors (Lipinski definition) is 0. The molecular weight excluding hydrogens is 387 g/mol. The number of benzene rings is 1. The molecule has 0 saturated heterocycles. The Morgan fingerprint density at radius 1 is 1.21 bits per heavy atom. The van der Waals surface area contributed by atoms with Crippen LogP contribution in [0.3, 0.4) is 0 Å². The van der Waals surface area contributed by atoms with Gasteiger partial charge < -0.3 is 9.64 Å². The quantitative estimate of drug-likeness (QED) is 0.722. The van der Waals surface area contributed by atoms with Gasteiger partial charge in [-0.2, -0.15) is 13.2 Å². The summed E-state index contributed by atoms with van der Waals surface area (Å²) in [5.41, 5.74) is 0.0622. The molecule has 7 heteroatoms. The summed E-state index contributed by atoms with van der Waals surface area (Å²) < 4.78 is 46.7. The van der Waals surface area contributed by atoms with Gasteiger partial charge in [-0.1, -0.05) is 28.1 Å². The topological polar surface area (TPSA) is 29.5 Å². The Morgan fingerprint density at radius 3 is 2.21 bits per heavy atom. The maximum Gasteiger partial charge on any atom is 0.413 e. The number of alkyl halides is 3. The van der Waals surface area contributed by atoms with Crippen LogP contribution in [-0.4, -0.2) is 37.2 Å². The number of carbonyl (C=O) groups is 1. The first-order chi connectivity index (χ1) is 11.2. The zero-order chi connectivity index (χ0) is 17.9. The van der Waals surface area contributed by atoms with Crippen LogP contribution in [0.1, 0.15) is 37.3 Å². The van der Waals surface area contributed by atoms with Crippen LogP contribution in [0.4, 0.5) is 13.2 Å². The number of hydrogen-bond acceptors (Lipinski definition) is 2. The van der Waals surface area contributed by atoms with Crippen LogP contribution in [0.2, 0.25) is 0 Å². The van der Waals surface area contributed by atoms with Crippen molar-refractivity contribution < 1.29 is 22.7 Å². The molecule has 0 spiro atoms. The number of methoxy groups -OCH3 is 1. The minimum atomic E-state index is -4.53. The van der Waals surface area contributed by atoms with E-state index in [1.54, 1.807) is 19.2 Å². The van der Waals surface area contributed by atoms with Gasteiger partial charge in [-0.3, -0.25) is 4.79 Å². The van der Waals surface area contributed by atoms with E-state index < -0.39 is 18.1 Å². The van der Waals surface area contributed by atoms with Crippen LogP contribution in [0.5, 0.6) is 0 Å². The Morgan fingerprint density at radius 2 is 1.75 bits per heavy atom. The smallest absolute Gasteiger partial charge is 0.381 e. The molecule has 1 amide bonds. The SMILES string of the molecule is COC1CCC(C(=O)N(C)[C@H](c2ccc(Br)cc2)C(F)(F)F)CC1. The molecule has 1 atom stereocenters. The molecule has 0 bridgehead atoms. The molecule has 0 heterocycles. The average Bonchev–Trinajstić information content (AvgIpc) is 2.55. The van der Waals surface area contributed by atoms with Crippen molar-refractivity contribution in [2.24, 2.45) is 5.92 Å². The number of halogens is 4. The largest absolute Gasteiger partial charge is 0.413 e. The Kier molecular flexibility index (Phi) is 6.31. The van der Waals surface area contributed by atoms with Gasteiger partial charge >= 0.3 is 6.18 Å². The lowest BCUT2D eigenvalue weighted by Gasteiger charge is -2.35. The second kappa shape index (κ2) is 7.87. The Hall–Kier alpha value is -1.08. The van der Waals surface area contributed by atoms with Crippen molar-refractivity contribution in [3.05, 3.63) is 34.3 Å². The standard InChI is InChI=1S/C17H21BrF3NO2/c1-22(16(23)12-5-9-14(24-2)10-6-12)15(17(19,20)21)11-3-7-13(18)8-4-11/h3-4,7-8,12,14-15H,5-6,9-10H2,1-2H3/t12?,14?,15-/m1/s1. The van der Waals surface area contributed by atoms with Crippen LogP contribution in [0.25, 0.3) is 0 Å². The van der Waals surface area contributed by atoms with Crippen molar-refractivity contribution in [1.82, 2.24) is 4.90 Å². The van der Waals surface area contributed by atoms with Crippen molar-refractivity contribution in [3.63, 3.8) is 0 Å². The molecule has 0 radical (unpaired) electrons. The van der Waals surface area contributed by atoms with Crippen LogP contribution in [0.15, 0.2) is 28.7 Å². The van der Waals surface area contributed by atoms with Gasteiger partial charge in [0, 0.05) is 24.5 Å². The monoisotopic (exact) mass is 407 g/mol. The van der Waals surface area contributed by atoms with Gasteiger partial charge in [0.15, 0.2) is 6.04 Å². The second-order valence-corrected chi connectivity index (χ2v) is 7.07. The molecule has 3 nitrogen and oxygen atoms in total. The first-order valence-electron chi connectivity index (χ1n) is 7.85. The summed E-state index contributed by atoms with van der Waals surface area (Å²) in [7, 11) is 2.86. The number of nitrogens with zero attached hydrogens (tertiary/aromatic N) is 1. The summed E-state index contributed by atoms with van der Waals surface area (Å²) in [6.07, 6.45) is -1.89. The summed E-state index contributed by atoms with van der Waals surface area (Å²) in [4.78, 5) is 13.4. The molecule has 1 saturated carbocycles. The van der Waals surface area contributed by atoms with Crippen LogP contribution in [-0.2, 0) is 9.53 Å². The van der Waals surface area contributed by atoms with E-state index in [0.29, 0.717) is 30.2 Å². The van der Waals surface area contributed by atoms with E-state index in [1.807, 2.05) is 0 Å². The van der Waals surface area contributed by atoms with E-state index in [4.69, 9.17) is 4.74 Å². The van der Waals surface area contributed by atoms with E-state index >= 15 is 0 Å². The third-order valence-electron chi connectivity index (χ3n) is 4.59. The molecule has 1 aliphatic rings. The van der Waals surface area contributed by atoms with E-state index in [0.717, 1.165) is 4.90 Å². The van der Waals surface area contributed by atoms with Crippen LogP contribution >= 0.6 is 15.9 Å². The van der Waals surface area contributed by atoms with Crippen LogP contribution in [0, 0.1) is 5.92 Å². The van der Waals surface area contributed by atoms with Gasteiger partial charge in [-0.15, -0.1) is 0 Å². The van der Waals surface area contributed by atoms with Crippen molar-refractivity contribution in [2.75, 3.05) is 14.2 Å². The number of carbonyl (C=O) groups excluding carboxylic acids is 1. The van der Waals surface area contributed by atoms with E-state index in [9.17, 15) is 18.0 Å². The predicted octanol–water partition coefficient (Wildman–Crippen LogP) is 4.72. The van der Waals surface area contributed by atoms with E-state index in [1.165, 1.54) is 19.2 Å². The van der Waals surface area contributed by atoms with Gasteiger partial charge in [0.1, 0.15) is 0 Å². The lowest BCUT2D eigenvalue weighted by atomic mass is 9.86. The van der Waals surface area contributed by atoms with Crippen LogP contribution < -0.4 is 0 Å². The highest BCUT2D eigenvalue weighted by Crippen LogP contribution is 2.39. The zero-order valence-corrected chi connectivity index (χ0v) is 15.2. The second-order valence-electron chi connectivity index (χ2n) is 6.15. The first-order valence-corrected chi connectivity index (χ1v) is 8.65. The van der Waals surface area contributed by atoms with Gasteiger partial charge in [0.25, 0.3) is 0 Å². The third kappa shape index (κ3) is 4.51. The average molecular weight is 408 g/mol. The first kappa shape index (κ1) is 19.2. The minimum Gasteiger partial charge on any atom is -0.381 e. The molecule has 0 unspecified atom stereocenters. The molecule has 0 N–H and O–H groups in total. The molecule has 1 aliphatic carbocycles. The zero-order valence-electron chi connectivity index (χ0n) is 13.6. The maximum atomic E-state index is 13.6.